The molecular formula is C19H15ClF2N2O5S. The third kappa shape index (κ3) is 5.56. The number of anilines is 1. The third-order valence-corrected chi connectivity index (χ3v) is 5.56. The molecule has 0 fully saturated rings. The van der Waals surface area contributed by atoms with Gasteiger partial charge in [0.1, 0.15) is 11.5 Å². The molecule has 3 rings (SSSR count). The zero-order valence-corrected chi connectivity index (χ0v) is 16.7. The quantitative estimate of drug-likeness (QED) is 0.527. The van der Waals surface area contributed by atoms with Gasteiger partial charge in [-0.1, -0.05) is 11.6 Å². The van der Waals surface area contributed by atoms with Gasteiger partial charge in [0.05, 0.1) is 22.7 Å². The van der Waals surface area contributed by atoms with Gasteiger partial charge in [0.15, 0.2) is 0 Å². The molecule has 0 bridgehead atoms. The molecule has 0 aliphatic rings. The van der Waals surface area contributed by atoms with Crippen LogP contribution in [0.4, 0.5) is 14.5 Å². The molecule has 1 aromatic heterocycles. The maximum atomic E-state index is 12.3. The highest BCUT2D eigenvalue weighted by atomic mass is 35.5. The number of carbonyl (C=O) groups is 1. The molecule has 0 atom stereocenters. The van der Waals surface area contributed by atoms with Crippen LogP contribution >= 0.6 is 11.6 Å². The molecule has 30 heavy (non-hydrogen) atoms. The molecule has 2 aromatic carbocycles. The lowest BCUT2D eigenvalue weighted by Gasteiger charge is -2.10. The second-order valence-corrected chi connectivity index (χ2v) is 8.08. The van der Waals surface area contributed by atoms with Crippen molar-refractivity contribution in [3.8, 4) is 5.75 Å². The number of nitrogens with one attached hydrogen (secondary N) is 2. The van der Waals surface area contributed by atoms with E-state index in [0.29, 0.717) is 5.76 Å². The molecule has 0 aliphatic heterocycles. The summed E-state index contributed by atoms with van der Waals surface area (Å²) in [6.45, 7) is -3.03. The standard InChI is InChI=1S/C19H15ClF2N2O5S/c20-16-10-13(5-8-17(16)29-19(21)22)24-18(25)12-3-6-15(7-4-12)30(26,27)23-11-14-2-1-9-28-14/h1-10,19,23H,11H2,(H,24,25). The van der Waals surface area contributed by atoms with Crippen molar-refractivity contribution >= 4 is 33.2 Å². The summed E-state index contributed by atoms with van der Waals surface area (Å²) in [6, 6.07) is 12.3. The maximum Gasteiger partial charge on any atom is 0.387 e. The number of halogens is 3. The Morgan fingerprint density at radius 3 is 2.47 bits per heavy atom. The average molecular weight is 457 g/mol. The Labute approximate surface area is 175 Å². The Hall–Kier alpha value is -2.95. The lowest BCUT2D eigenvalue weighted by molar-refractivity contribution is -0.0497. The molecule has 0 saturated heterocycles. The topological polar surface area (TPSA) is 97.6 Å². The van der Waals surface area contributed by atoms with Gasteiger partial charge >= 0.3 is 6.61 Å². The van der Waals surface area contributed by atoms with Crippen molar-refractivity contribution in [2.45, 2.75) is 18.1 Å². The van der Waals surface area contributed by atoms with Gasteiger partial charge in [-0.05, 0) is 54.6 Å². The van der Waals surface area contributed by atoms with Crippen LogP contribution in [-0.4, -0.2) is 20.9 Å². The number of alkyl halides is 2. The number of benzene rings is 2. The van der Waals surface area contributed by atoms with E-state index in [1.165, 1.54) is 48.7 Å². The van der Waals surface area contributed by atoms with Gasteiger partial charge in [-0.15, -0.1) is 0 Å². The third-order valence-electron chi connectivity index (χ3n) is 3.85. The first-order chi connectivity index (χ1) is 14.2. The summed E-state index contributed by atoms with van der Waals surface area (Å²) in [6.07, 6.45) is 1.43. The van der Waals surface area contributed by atoms with E-state index in [9.17, 15) is 22.0 Å². The minimum absolute atomic E-state index is 0.0103. The van der Waals surface area contributed by atoms with E-state index in [2.05, 4.69) is 14.8 Å². The molecule has 2 N–H and O–H groups in total. The van der Waals surface area contributed by atoms with Crippen molar-refractivity contribution in [3.05, 3.63) is 77.2 Å². The summed E-state index contributed by atoms with van der Waals surface area (Å²) < 4.78 is 60.8. The van der Waals surface area contributed by atoms with Crippen LogP contribution < -0.4 is 14.8 Å². The van der Waals surface area contributed by atoms with E-state index in [1.807, 2.05) is 0 Å². The fourth-order valence-corrected chi connectivity index (χ4v) is 3.64. The lowest BCUT2D eigenvalue weighted by Crippen LogP contribution is -2.23. The van der Waals surface area contributed by atoms with Crippen molar-refractivity contribution in [1.82, 2.24) is 4.72 Å². The summed E-state index contributed by atoms with van der Waals surface area (Å²) in [5, 5.41) is 2.44. The van der Waals surface area contributed by atoms with Gasteiger partial charge in [-0.25, -0.2) is 13.1 Å². The van der Waals surface area contributed by atoms with Gasteiger partial charge in [-0.3, -0.25) is 4.79 Å². The molecule has 0 unspecified atom stereocenters. The summed E-state index contributed by atoms with van der Waals surface area (Å²) in [5.41, 5.74) is 0.437. The fourth-order valence-electron chi connectivity index (χ4n) is 2.42. The fraction of sp³-hybridized carbons (Fsp3) is 0.105. The van der Waals surface area contributed by atoms with Crippen LogP contribution in [0.15, 0.2) is 70.2 Å². The van der Waals surface area contributed by atoms with Crippen LogP contribution in [0.25, 0.3) is 0 Å². The highest BCUT2D eigenvalue weighted by Crippen LogP contribution is 2.29. The minimum atomic E-state index is -3.79. The lowest BCUT2D eigenvalue weighted by atomic mass is 10.2. The van der Waals surface area contributed by atoms with E-state index in [4.69, 9.17) is 16.0 Å². The molecular weight excluding hydrogens is 442 g/mol. The van der Waals surface area contributed by atoms with Gasteiger partial charge in [-0.2, -0.15) is 8.78 Å². The molecule has 7 nitrogen and oxygen atoms in total. The number of hydrogen-bond acceptors (Lipinski definition) is 5. The largest absolute Gasteiger partial charge is 0.468 e. The Morgan fingerprint density at radius 2 is 1.87 bits per heavy atom. The number of ether oxygens (including phenoxy) is 1. The van der Waals surface area contributed by atoms with Gasteiger partial charge in [0.25, 0.3) is 5.91 Å². The average Bonchev–Trinajstić information content (AvgIpc) is 3.22. The van der Waals surface area contributed by atoms with Crippen LogP contribution in [0.5, 0.6) is 5.75 Å². The van der Waals surface area contributed by atoms with Crippen molar-refractivity contribution < 1.29 is 31.1 Å². The molecule has 0 spiro atoms. The molecule has 1 amide bonds. The second-order valence-electron chi connectivity index (χ2n) is 5.91. The number of amides is 1. The van der Waals surface area contributed by atoms with Crippen LogP contribution in [-0.2, 0) is 16.6 Å². The molecule has 0 saturated carbocycles. The summed E-state index contributed by atoms with van der Waals surface area (Å²) in [7, 11) is -3.79. The number of hydrogen-bond donors (Lipinski definition) is 2. The molecule has 0 radical (unpaired) electrons. The van der Waals surface area contributed by atoms with Crippen LogP contribution in [0.2, 0.25) is 5.02 Å². The Morgan fingerprint density at radius 1 is 1.13 bits per heavy atom. The van der Waals surface area contributed by atoms with Crippen molar-refractivity contribution in [1.29, 1.82) is 0 Å². The van der Waals surface area contributed by atoms with E-state index < -0.39 is 22.5 Å². The Balaban J connectivity index is 1.65. The summed E-state index contributed by atoms with van der Waals surface area (Å²) >= 11 is 5.85. The number of furan rings is 1. The van der Waals surface area contributed by atoms with E-state index >= 15 is 0 Å². The molecule has 158 valence electrons. The van der Waals surface area contributed by atoms with Gasteiger partial charge in [0, 0.05) is 11.3 Å². The van der Waals surface area contributed by atoms with Crippen molar-refractivity contribution in [3.63, 3.8) is 0 Å². The van der Waals surface area contributed by atoms with E-state index in [-0.39, 0.29) is 33.5 Å². The van der Waals surface area contributed by atoms with E-state index in [1.54, 1.807) is 12.1 Å². The smallest absolute Gasteiger partial charge is 0.387 e. The normalized spacial score (nSPS) is 11.5. The molecule has 3 aromatic rings. The predicted molar refractivity (Wildman–Crippen MR) is 105 cm³/mol. The van der Waals surface area contributed by atoms with Gasteiger partial charge in [0.2, 0.25) is 10.0 Å². The highest BCUT2D eigenvalue weighted by molar-refractivity contribution is 7.89. The minimum Gasteiger partial charge on any atom is -0.468 e. The maximum absolute atomic E-state index is 12.3. The second kappa shape index (κ2) is 9.24. The van der Waals surface area contributed by atoms with Gasteiger partial charge < -0.3 is 14.5 Å². The number of sulfonamides is 1. The molecule has 11 heteroatoms. The van der Waals surface area contributed by atoms with E-state index in [0.717, 1.165) is 0 Å². The van der Waals surface area contributed by atoms with Crippen LogP contribution in [0.3, 0.4) is 0 Å². The summed E-state index contributed by atoms with van der Waals surface area (Å²) in [4.78, 5) is 12.3. The number of carbonyl (C=O) groups excluding carboxylic acids is 1. The van der Waals surface area contributed by atoms with Crippen LogP contribution in [0.1, 0.15) is 16.1 Å². The SMILES string of the molecule is O=C(Nc1ccc(OC(F)F)c(Cl)c1)c1ccc(S(=O)(=O)NCc2ccco2)cc1. The number of rotatable bonds is 8. The molecule has 0 aliphatic carbocycles. The first-order valence-corrected chi connectivity index (χ1v) is 10.3. The monoisotopic (exact) mass is 456 g/mol. The first kappa shape index (κ1) is 21.8. The Kier molecular flexibility index (Phi) is 6.70. The highest BCUT2D eigenvalue weighted by Gasteiger charge is 2.16. The van der Waals surface area contributed by atoms with Crippen molar-refractivity contribution in [2.24, 2.45) is 0 Å². The summed E-state index contributed by atoms with van der Waals surface area (Å²) in [5.74, 6) is -0.305. The zero-order chi connectivity index (χ0) is 21.7. The predicted octanol–water partition coefficient (Wildman–Crippen LogP) is 4.27. The van der Waals surface area contributed by atoms with Crippen LogP contribution in [0, 0.1) is 0 Å². The van der Waals surface area contributed by atoms with Crippen molar-refractivity contribution in [2.75, 3.05) is 5.32 Å². The molecule has 1 heterocycles. The Bertz CT molecular complexity index is 1120. The first-order valence-electron chi connectivity index (χ1n) is 8.42. The zero-order valence-electron chi connectivity index (χ0n) is 15.1.